The lowest BCUT2D eigenvalue weighted by molar-refractivity contribution is -0.173. The number of hydrogen-bond donors (Lipinski definition) is 1. The molecule has 0 spiro atoms. The second-order valence-electron chi connectivity index (χ2n) is 9.47. The van der Waals surface area contributed by atoms with Gasteiger partial charge < -0.3 is 0 Å². The van der Waals surface area contributed by atoms with Crippen molar-refractivity contribution in [3.63, 3.8) is 0 Å². The Bertz CT molecular complexity index is 1760. The van der Waals surface area contributed by atoms with Gasteiger partial charge >= 0.3 is 12.1 Å². The third-order valence-corrected chi connectivity index (χ3v) is 6.59. The normalized spacial score (nSPS) is 11.2. The number of nitrogens with one attached hydrogen (secondary N) is 1. The van der Waals surface area contributed by atoms with E-state index >= 15 is 0 Å². The summed E-state index contributed by atoms with van der Waals surface area (Å²) in [7, 11) is 0. The third kappa shape index (κ3) is 5.84. The van der Waals surface area contributed by atoms with Crippen LogP contribution in [0.5, 0.6) is 0 Å². The number of hydrogen-bond acceptors (Lipinski definition) is 4. The maximum atomic E-state index is 13.3. The molecule has 2 aromatic heterocycles. The summed E-state index contributed by atoms with van der Waals surface area (Å²) in [5.41, 5.74) is 6.84. The number of benzene rings is 4. The van der Waals surface area contributed by atoms with Crippen LogP contribution in [-0.4, -0.2) is 37.6 Å². The van der Waals surface area contributed by atoms with Gasteiger partial charge in [0.1, 0.15) is 0 Å². The maximum absolute atomic E-state index is 13.3. The SMILES string of the molecule is O=C(NN=C(n1nc(-c2ccccc2)cc1-c1ccccc1)n1nc(-c2ccccc2)cc1-c1ccccc1)C(F)(F)F. The van der Waals surface area contributed by atoms with Crippen LogP contribution in [0.3, 0.4) is 0 Å². The Labute approximate surface area is 244 Å². The smallest absolute Gasteiger partial charge is 0.263 e. The van der Waals surface area contributed by atoms with Crippen LogP contribution < -0.4 is 5.43 Å². The average molecular weight is 577 g/mol. The number of alkyl halides is 3. The molecule has 10 heteroatoms. The first-order valence-electron chi connectivity index (χ1n) is 13.3. The van der Waals surface area contributed by atoms with Gasteiger partial charge in [0.05, 0.1) is 22.8 Å². The van der Waals surface area contributed by atoms with E-state index in [0.29, 0.717) is 22.8 Å². The van der Waals surface area contributed by atoms with E-state index in [9.17, 15) is 18.0 Å². The predicted molar refractivity (Wildman–Crippen MR) is 159 cm³/mol. The number of rotatable bonds is 5. The molecule has 1 N–H and O–H groups in total. The molecule has 6 rings (SSSR count). The van der Waals surface area contributed by atoms with Crippen molar-refractivity contribution >= 4 is 11.9 Å². The molecule has 0 bridgehead atoms. The minimum atomic E-state index is -5.15. The molecule has 2 heterocycles. The Balaban J connectivity index is 1.62. The van der Waals surface area contributed by atoms with Gasteiger partial charge in [-0.05, 0) is 12.1 Å². The highest BCUT2D eigenvalue weighted by molar-refractivity contribution is 5.93. The van der Waals surface area contributed by atoms with Crippen molar-refractivity contribution in [1.82, 2.24) is 25.0 Å². The summed E-state index contributed by atoms with van der Waals surface area (Å²) in [6.45, 7) is 0. The summed E-state index contributed by atoms with van der Waals surface area (Å²) in [6.07, 6.45) is -5.15. The molecule has 0 saturated heterocycles. The predicted octanol–water partition coefficient (Wildman–Crippen LogP) is 7.09. The molecule has 6 aromatic rings. The third-order valence-electron chi connectivity index (χ3n) is 6.59. The molecule has 0 radical (unpaired) electrons. The maximum Gasteiger partial charge on any atom is 0.473 e. The van der Waals surface area contributed by atoms with E-state index < -0.39 is 12.1 Å². The second-order valence-corrected chi connectivity index (χ2v) is 9.47. The van der Waals surface area contributed by atoms with Crippen molar-refractivity contribution in [2.24, 2.45) is 5.10 Å². The minimum absolute atomic E-state index is 0.167. The van der Waals surface area contributed by atoms with Crippen LogP contribution in [0.1, 0.15) is 0 Å². The first-order chi connectivity index (χ1) is 20.9. The van der Waals surface area contributed by atoms with Gasteiger partial charge in [-0.25, -0.2) is 5.43 Å². The Morgan fingerprint density at radius 1 is 0.581 bits per heavy atom. The van der Waals surface area contributed by atoms with Gasteiger partial charge in [0.2, 0.25) is 0 Å². The standard InChI is InChI=1S/C33H23F3N6O/c34-33(35,36)31(43)37-38-32(41-29(25-17-9-3-10-18-25)21-27(39-41)23-13-5-1-6-14-23)42-30(26-19-11-4-12-20-26)22-28(40-42)24-15-7-2-8-16-24/h1-22H,(H,37,43). The molecule has 0 atom stereocenters. The number of carbonyl (C=O) groups excluding carboxylic acids is 1. The van der Waals surface area contributed by atoms with Gasteiger partial charge in [0, 0.05) is 22.3 Å². The van der Waals surface area contributed by atoms with Crippen molar-refractivity contribution in [2.75, 3.05) is 0 Å². The fraction of sp³-hybridized carbons (Fsp3) is 0.0303. The zero-order valence-corrected chi connectivity index (χ0v) is 22.5. The Morgan fingerprint density at radius 2 is 0.930 bits per heavy atom. The first-order valence-corrected chi connectivity index (χ1v) is 13.3. The number of amides is 1. The highest BCUT2D eigenvalue weighted by atomic mass is 19.4. The molecule has 43 heavy (non-hydrogen) atoms. The zero-order chi connectivity index (χ0) is 29.8. The Morgan fingerprint density at radius 3 is 1.28 bits per heavy atom. The number of nitrogens with zero attached hydrogens (tertiary/aromatic N) is 5. The molecule has 0 aliphatic heterocycles. The molecule has 0 aliphatic rings. The Kier molecular flexibility index (Phi) is 7.40. The van der Waals surface area contributed by atoms with Gasteiger partial charge in [-0.15, -0.1) is 5.10 Å². The van der Waals surface area contributed by atoms with Gasteiger partial charge in [-0.3, -0.25) is 4.79 Å². The van der Waals surface area contributed by atoms with Crippen LogP contribution in [0.15, 0.2) is 139 Å². The van der Waals surface area contributed by atoms with E-state index in [2.05, 4.69) is 5.10 Å². The summed E-state index contributed by atoms with van der Waals surface area (Å²) >= 11 is 0. The molecule has 4 aromatic carbocycles. The highest BCUT2D eigenvalue weighted by Crippen LogP contribution is 2.30. The van der Waals surface area contributed by atoms with Gasteiger partial charge in [-0.2, -0.15) is 32.7 Å². The summed E-state index contributed by atoms with van der Waals surface area (Å²) in [5, 5.41) is 13.6. The molecule has 0 unspecified atom stereocenters. The van der Waals surface area contributed by atoms with E-state index in [1.807, 2.05) is 133 Å². The molecule has 1 amide bonds. The highest BCUT2D eigenvalue weighted by Gasteiger charge is 2.39. The number of aromatic nitrogens is 4. The van der Waals surface area contributed by atoms with Crippen LogP contribution >= 0.6 is 0 Å². The van der Waals surface area contributed by atoms with Crippen LogP contribution in [0.4, 0.5) is 13.2 Å². The van der Waals surface area contributed by atoms with E-state index in [1.54, 1.807) is 5.43 Å². The molecule has 212 valence electrons. The fourth-order valence-corrected chi connectivity index (χ4v) is 4.54. The monoisotopic (exact) mass is 576 g/mol. The van der Waals surface area contributed by atoms with Crippen LogP contribution in [0, 0.1) is 0 Å². The largest absolute Gasteiger partial charge is 0.473 e. The van der Waals surface area contributed by atoms with Gasteiger partial charge in [0.25, 0.3) is 5.96 Å². The lowest BCUT2D eigenvalue weighted by atomic mass is 10.1. The van der Waals surface area contributed by atoms with Crippen molar-refractivity contribution in [3.05, 3.63) is 133 Å². The van der Waals surface area contributed by atoms with Crippen molar-refractivity contribution < 1.29 is 18.0 Å². The lowest BCUT2D eigenvalue weighted by Crippen LogP contribution is -2.36. The molecular weight excluding hydrogens is 553 g/mol. The lowest BCUT2D eigenvalue weighted by Gasteiger charge is -2.14. The molecular formula is C33H23F3N6O. The van der Waals surface area contributed by atoms with Crippen LogP contribution in [-0.2, 0) is 4.79 Å². The van der Waals surface area contributed by atoms with Gasteiger partial charge in [0.15, 0.2) is 0 Å². The number of hydrazone groups is 1. The van der Waals surface area contributed by atoms with E-state index in [-0.39, 0.29) is 5.96 Å². The van der Waals surface area contributed by atoms with Gasteiger partial charge in [-0.1, -0.05) is 121 Å². The summed E-state index contributed by atoms with van der Waals surface area (Å²) in [6, 6.07) is 40.8. The molecule has 7 nitrogen and oxygen atoms in total. The van der Waals surface area contributed by atoms with E-state index in [0.717, 1.165) is 22.3 Å². The summed E-state index contributed by atoms with van der Waals surface area (Å²) in [4.78, 5) is 12.0. The molecule has 0 aliphatic carbocycles. The van der Waals surface area contributed by atoms with Crippen LogP contribution in [0.2, 0.25) is 0 Å². The molecule has 0 fully saturated rings. The van der Waals surface area contributed by atoms with E-state index in [1.165, 1.54) is 9.36 Å². The van der Waals surface area contributed by atoms with Crippen LogP contribution in [0.25, 0.3) is 45.0 Å². The Hall–Kier alpha value is -5.77. The topological polar surface area (TPSA) is 77.1 Å². The summed E-state index contributed by atoms with van der Waals surface area (Å²) in [5.74, 6) is -2.39. The fourth-order valence-electron chi connectivity index (χ4n) is 4.54. The van der Waals surface area contributed by atoms with Crippen molar-refractivity contribution in [2.45, 2.75) is 6.18 Å². The molecule has 0 saturated carbocycles. The summed E-state index contributed by atoms with van der Waals surface area (Å²) < 4.78 is 42.7. The average Bonchev–Trinajstić information content (AvgIpc) is 3.69. The first kappa shape index (κ1) is 27.4. The second kappa shape index (κ2) is 11.6. The number of halogens is 3. The minimum Gasteiger partial charge on any atom is -0.263 e. The van der Waals surface area contributed by atoms with Crippen molar-refractivity contribution in [1.29, 1.82) is 0 Å². The zero-order valence-electron chi connectivity index (χ0n) is 22.5. The van der Waals surface area contributed by atoms with E-state index in [4.69, 9.17) is 10.2 Å². The number of carbonyl (C=O) groups is 1. The quantitative estimate of drug-likeness (QED) is 0.135. The van der Waals surface area contributed by atoms with Crippen molar-refractivity contribution in [3.8, 4) is 45.0 Å².